The number of carbonyl (C=O) groups is 1. The van der Waals surface area contributed by atoms with Crippen LogP contribution in [0.1, 0.15) is 45.7 Å². The highest BCUT2D eigenvalue weighted by atomic mass is 32.2. The van der Waals surface area contributed by atoms with Crippen LogP contribution in [0.3, 0.4) is 0 Å². The molecular formula is C16H24O3S. The van der Waals surface area contributed by atoms with Gasteiger partial charge in [-0.25, -0.2) is 0 Å². The summed E-state index contributed by atoms with van der Waals surface area (Å²) in [6.45, 7) is 10.00. The third-order valence-corrected chi connectivity index (χ3v) is 5.19. The van der Waals surface area contributed by atoms with Crippen molar-refractivity contribution in [3.8, 4) is 0 Å². The summed E-state index contributed by atoms with van der Waals surface area (Å²) in [6, 6.07) is 7.94. The fourth-order valence-electron chi connectivity index (χ4n) is 2.06. The molecule has 0 bridgehead atoms. The average molecular weight is 296 g/mol. The maximum Gasteiger partial charge on any atom is 0.319 e. The van der Waals surface area contributed by atoms with Crippen molar-refractivity contribution in [2.75, 3.05) is 0 Å². The van der Waals surface area contributed by atoms with Crippen molar-refractivity contribution in [1.29, 1.82) is 0 Å². The Morgan fingerprint density at radius 3 is 2.05 bits per heavy atom. The molecule has 0 amide bonds. The van der Waals surface area contributed by atoms with Crippen molar-refractivity contribution in [3.05, 3.63) is 35.4 Å². The number of benzene rings is 1. The monoisotopic (exact) mass is 296 g/mol. The Hall–Kier alpha value is -1.16. The molecule has 0 aromatic heterocycles. The Morgan fingerprint density at radius 1 is 1.20 bits per heavy atom. The van der Waals surface area contributed by atoms with Gasteiger partial charge < -0.3 is 5.11 Å². The minimum Gasteiger partial charge on any atom is -0.480 e. The largest absolute Gasteiger partial charge is 0.480 e. The van der Waals surface area contributed by atoms with Crippen LogP contribution in [0.25, 0.3) is 0 Å². The second-order valence-electron chi connectivity index (χ2n) is 6.47. The lowest BCUT2D eigenvalue weighted by atomic mass is 9.87. The molecule has 1 aromatic carbocycles. The van der Waals surface area contributed by atoms with E-state index in [2.05, 4.69) is 20.8 Å². The molecule has 1 aromatic rings. The van der Waals surface area contributed by atoms with Gasteiger partial charge in [0, 0.05) is 16.6 Å². The highest BCUT2D eigenvalue weighted by molar-refractivity contribution is 7.85. The van der Waals surface area contributed by atoms with Crippen LogP contribution in [0, 0.1) is 5.92 Å². The number of carboxylic acid groups (broad SMARTS) is 1. The SMILES string of the molecule is CC(C)C(C(=O)O)S(=O)Cc1ccc(C(C)(C)C)cc1. The molecule has 0 saturated carbocycles. The van der Waals surface area contributed by atoms with Crippen LogP contribution in [0.4, 0.5) is 0 Å². The van der Waals surface area contributed by atoms with Gasteiger partial charge in [-0.05, 0) is 22.5 Å². The smallest absolute Gasteiger partial charge is 0.319 e. The van der Waals surface area contributed by atoms with Gasteiger partial charge in [0.25, 0.3) is 0 Å². The first-order valence-electron chi connectivity index (χ1n) is 6.82. The number of carboxylic acids is 1. The maximum absolute atomic E-state index is 12.2. The Balaban J connectivity index is 2.83. The predicted octanol–water partition coefficient (Wildman–Crippen LogP) is 3.34. The fraction of sp³-hybridized carbons (Fsp3) is 0.562. The molecule has 2 atom stereocenters. The van der Waals surface area contributed by atoms with Crippen LogP contribution in [-0.2, 0) is 26.8 Å². The molecule has 20 heavy (non-hydrogen) atoms. The predicted molar refractivity (Wildman–Crippen MR) is 83.3 cm³/mol. The number of hydrogen-bond donors (Lipinski definition) is 1. The molecule has 0 radical (unpaired) electrons. The zero-order valence-electron chi connectivity index (χ0n) is 12.8. The van der Waals surface area contributed by atoms with Crippen molar-refractivity contribution in [2.45, 2.75) is 51.0 Å². The van der Waals surface area contributed by atoms with E-state index in [-0.39, 0.29) is 11.3 Å². The summed E-state index contributed by atoms with van der Waals surface area (Å²) in [7, 11) is -1.40. The zero-order valence-corrected chi connectivity index (χ0v) is 13.7. The van der Waals surface area contributed by atoms with Crippen molar-refractivity contribution in [3.63, 3.8) is 0 Å². The highest BCUT2D eigenvalue weighted by Gasteiger charge is 2.28. The Morgan fingerprint density at radius 2 is 1.70 bits per heavy atom. The van der Waals surface area contributed by atoms with E-state index in [1.807, 2.05) is 24.3 Å². The molecule has 0 aliphatic carbocycles. The Bertz CT molecular complexity index is 483. The lowest BCUT2D eigenvalue weighted by Crippen LogP contribution is -2.31. The van der Waals surface area contributed by atoms with E-state index < -0.39 is 22.0 Å². The van der Waals surface area contributed by atoms with Gasteiger partial charge in [-0.15, -0.1) is 0 Å². The molecule has 0 aliphatic heterocycles. The van der Waals surface area contributed by atoms with Gasteiger partial charge in [0.15, 0.2) is 0 Å². The summed E-state index contributed by atoms with van der Waals surface area (Å²) >= 11 is 0. The minimum absolute atomic E-state index is 0.0826. The van der Waals surface area contributed by atoms with Crippen LogP contribution < -0.4 is 0 Å². The molecule has 0 heterocycles. The topological polar surface area (TPSA) is 54.4 Å². The first-order valence-corrected chi connectivity index (χ1v) is 8.20. The van der Waals surface area contributed by atoms with Gasteiger partial charge in [0.1, 0.15) is 5.25 Å². The van der Waals surface area contributed by atoms with Crippen molar-refractivity contribution in [1.82, 2.24) is 0 Å². The normalized spacial score (nSPS) is 15.1. The van der Waals surface area contributed by atoms with Crippen molar-refractivity contribution < 1.29 is 14.1 Å². The Labute approximate surface area is 123 Å². The standard InChI is InChI=1S/C16H24O3S/c1-11(2)14(15(17)18)20(19)10-12-6-8-13(9-7-12)16(3,4)5/h6-9,11,14H,10H2,1-5H3,(H,17,18). The molecule has 0 fully saturated rings. The van der Waals surface area contributed by atoms with Gasteiger partial charge in [0.2, 0.25) is 0 Å². The molecule has 1 N–H and O–H groups in total. The average Bonchev–Trinajstić information content (AvgIpc) is 2.26. The number of rotatable bonds is 5. The van der Waals surface area contributed by atoms with E-state index in [1.165, 1.54) is 5.56 Å². The van der Waals surface area contributed by atoms with E-state index in [4.69, 9.17) is 5.11 Å². The van der Waals surface area contributed by atoms with E-state index in [9.17, 15) is 9.00 Å². The van der Waals surface area contributed by atoms with Gasteiger partial charge in [-0.3, -0.25) is 9.00 Å². The van der Waals surface area contributed by atoms with Gasteiger partial charge in [-0.1, -0.05) is 58.9 Å². The lowest BCUT2D eigenvalue weighted by Gasteiger charge is -2.19. The van der Waals surface area contributed by atoms with Crippen LogP contribution in [0.15, 0.2) is 24.3 Å². The fourth-order valence-corrected chi connectivity index (χ4v) is 3.59. The molecule has 0 aliphatic rings. The third kappa shape index (κ3) is 4.44. The maximum atomic E-state index is 12.2. The van der Waals surface area contributed by atoms with E-state index in [0.29, 0.717) is 5.75 Å². The minimum atomic E-state index is -1.40. The van der Waals surface area contributed by atoms with E-state index in [1.54, 1.807) is 13.8 Å². The van der Waals surface area contributed by atoms with Crippen molar-refractivity contribution >= 4 is 16.8 Å². The quantitative estimate of drug-likeness (QED) is 0.906. The summed E-state index contributed by atoms with van der Waals surface area (Å²) in [5.74, 6) is -0.827. The summed E-state index contributed by atoms with van der Waals surface area (Å²) in [5.41, 5.74) is 2.22. The first kappa shape index (κ1) is 16.9. The second kappa shape index (κ2) is 6.53. The Kier molecular flexibility index (Phi) is 5.51. The van der Waals surface area contributed by atoms with Crippen LogP contribution in [0.2, 0.25) is 0 Å². The first-order chi connectivity index (χ1) is 9.12. The molecule has 0 spiro atoms. The summed E-state index contributed by atoms with van der Waals surface area (Å²) in [6.07, 6.45) is 0. The van der Waals surface area contributed by atoms with E-state index >= 15 is 0 Å². The molecule has 112 valence electrons. The van der Waals surface area contributed by atoms with Crippen LogP contribution in [0.5, 0.6) is 0 Å². The molecule has 3 nitrogen and oxygen atoms in total. The summed E-state index contributed by atoms with van der Waals surface area (Å²) in [5, 5.41) is 8.34. The molecule has 1 rings (SSSR count). The molecule has 0 saturated heterocycles. The van der Waals surface area contributed by atoms with Gasteiger partial charge in [0.05, 0.1) is 0 Å². The lowest BCUT2D eigenvalue weighted by molar-refractivity contribution is -0.137. The highest BCUT2D eigenvalue weighted by Crippen LogP contribution is 2.23. The second-order valence-corrected chi connectivity index (χ2v) is 8.03. The third-order valence-electron chi connectivity index (χ3n) is 3.26. The molecular weight excluding hydrogens is 272 g/mol. The van der Waals surface area contributed by atoms with Crippen molar-refractivity contribution in [2.24, 2.45) is 5.92 Å². The van der Waals surface area contributed by atoms with E-state index in [0.717, 1.165) is 5.56 Å². The zero-order chi connectivity index (χ0) is 15.5. The van der Waals surface area contributed by atoms with Gasteiger partial charge >= 0.3 is 5.97 Å². The molecule has 2 unspecified atom stereocenters. The van der Waals surface area contributed by atoms with Crippen LogP contribution in [-0.4, -0.2) is 20.5 Å². The summed E-state index contributed by atoms with van der Waals surface area (Å²) in [4.78, 5) is 11.2. The van der Waals surface area contributed by atoms with Crippen LogP contribution >= 0.6 is 0 Å². The summed E-state index contributed by atoms with van der Waals surface area (Å²) < 4.78 is 12.2. The molecule has 4 heteroatoms. The number of hydrogen-bond acceptors (Lipinski definition) is 2. The number of aliphatic carboxylic acids is 1. The van der Waals surface area contributed by atoms with Gasteiger partial charge in [-0.2, -0.15) is 0 Å².